The van der Waals surface area contributed by atoms with Gasteiger partial charge in [0.15, 0.2) is 0 Å². The van der Waals surface area contributed by atoms with Gasteiger partial charge in [0.1, 0.15) is 0 Å². The molecule has 2 aliphatic rings. The molecular weight excluding hydrogens is 348 g/mol. The Bertz CT molecular complexity index is 694. The summed E-state index contributed by atoms with van der Waals surface area (Å²) in [5.41, 5.74) is 1.63. The molecule has 1 saturated heterocycles. The Morgan fingerprint density at radius 1 is 1.07 bits per heavy atom. The summed E-state index contributed by atoms with van der Waals surface area (Å²) in [5, 5.41) is 17.6. The minimum atomic E-state index is -0.789. The monoisotopic (exact) mass is 374 g/mol. The lowest BCUT2D eigenvalue weighted by Crippen LogP contribution is -2.46. The van der Waals surface area contributed by atoms with Crippen molar-refractivity contribution in [1.82, 2.24) is 15.5 Å². The third-order valence-electron chi connectivity index (χ3n) is 5.05. The number of nitrogens with one attached hydrogen (secondary N) is 3. The molecule has 1 aromatic carbocycles. The van der Waals surface area contributed by atoms with Gasteiger partial charge in [-0.05, 0) is 50.3 Å². The third kappa shape index (κ3) is 5.35. The van der Waals surface area contributed by atoms with E-state index in [1.54, 1.807) is 4.90 Å². The Kier molecular flexibility index (Phi) is 5.83. The molecule has 8 heteroatoms. The molecule has 146 valence electrons. The quantitative estimate of drug-likeness (QED) is 0.635. The number of carboxylic acid groups (broad SMARTS) is 1. The number of urea groups is 2. The summed E-state index contributed by atoms with van der Waals surface area (Å²) in [7, 11) is 0. The van der Waals surface area contributed by atoms with Crippen LogP contribution in [0.25, 0.3) is 0 Å². The Labute approximate surface area is 158 Å². The minimum Gasteiger partial charge on any atom is -0.481 e. The molecular formula is C19H26N4O4. The maximum Gasteiger partial charge on any atom is 0.319 e. The van der Waals surface area contributed by atoms with Crippen molar-refractivity contribution in [1.29, 1.82) is 0 Å². The van der Waals surface area contributed by atoms with Crippen LogP contribution in [0.1, 0.15) is 44.2 Å². The normalized spacial score (nSPS) is 18.5. The predicted molar refractivity (Wildman–Crippen MR) is 100 cm³/mol. The molecule has 0 radical (unpaired) electrons. The van der Waals surface area contributed by atoms with Crippen LogP contribution in [0.2, 0.25) is 0 Å². The van der Waals surface area contributed by atoms with Crippen LogP contribution in [-0.4, -0.2) is 47.2 Å². The lowest BCUT2D eigenvalue weighted by Gasteiger charge is -2.31. The van der Waals surface area contributed by atoms with Crippen LogP contribution in [0, 0.1) is 5.92 Å². The number of carbonyl (C=O) groups excluding carboxylic acids is 2. The number of nitrogens with zero attached hydrogens (tertiary/aromatic N) is 1. The van der Waals surface area contributed by atoms with Gasteiger partial charge in [-0.3, -0.25) is 4.79 Å². The van der Waals surface area contributed by atoms with Crippen molar-refractivity contribution in [2.45, 2.75) is 44.7 Å². The fraction of sp³-hybridized carbons (Fsp3) is 0.526. The number of carboxylic acids is 1. The van der Waals surface area contributed by atoms with Gasteiger partial charge in [-0.1, -0.05) is 12.1 Å². The first kappa shape index (κ1) is 19.0. The van der Waals surface area contributed by atoms with Crippen molar-refractivity contribution in [2.24, 2.45) is 5.92 Å². The van der Waals surface area contributed by atoms with Crippen molar-refractivity contribution >= 4 is 23.7 Å². The predicted octanol–water partition coefficient (Wildman–Crippen LogP) is 2.54. The van der Waals surface area contributed by atoms with Gasteiger partial charge in [0.05, 0.1) is 12.0 Å². The summed E-state index contributed by atoms with van der Waals surface area (Å²) in [6.07, 6.45) is 3.05. The number of hydrogen-bond acceptors (Lipinski definition) is 3. The average Bonchev–Trinajstić information content (AvgIpc) is 3.46. The van der Waals surface area contributed by atoms with Crippen LogP contribution in [-0.2, 0) is 4.79 Å². The molecule has 0 aromatic heterocycles. The molecule has 0 bridgehead atoms. The largest absolute Gasteiger partial charge is 0.481 e. The van der Waals surface area contributed by atoms with Gasteiger partial charge >= 0.3 is 18.0 Å². The number of rotatable bonds is 5. The van der Waals surface area contributed by atoms with Gasteiger partial charge < -0.3 is 26.0 Å². The minimum absolute atomic E-state index is 0.183. The molecule has 0 spiro atoms. The number of benzene rings is 1. The number of likely N-dealkylation sites (tertiary alicyclic amines) is 1. The second-order valence-corrected chi connectivity index (χ2v) is 7.27. The summed E-state index contributed by atoms with van der Waals surface area (Å²) in [6, 6.07) is 7.09. The van der Waals surface area contributed by atoms with Crippen molar-refractivity contribution in [3.8, 4) is 0 Å². The smallest absolute Gasteiger partial charge is 0.319 e. The molecule has 1 unspecified atom stereocenters. The second-order valence-electron chi connectivity index (χ2n) is 7.27. The molecule has 4 amide bonds. The number of piperidine rings is 1. The first-order chi connectivity index (χ1) is 12.9. The maximum absolute atomic E-state index is 12.4. The Morgan fingerprint density at radius 2 is 1.70 bits per heavy atom. The first-order valence-electron chi connectivity index (χ1n) is 9.38. The SMILES string of the molecule is CC(NC(=O)N1CCC(C(=O)O)CC1)c1ccc(NC(=O)NC2CC2)cc1. The molecule has 2 fully saturated rings. The number of aliphatic carboxylic acids is 1. The fourth-order valence-corrected chi connectivity index (χ4v) is 3.12. The lowest BCUT2D eigenvalue weighted by molar-refractivity contribution is -0.143. The molecule has 1 aliphatic heterocycles. The maximum atomic E-state index is 12.4. The van der Waals surface area contributed by atoms with Gasteiger partial charge in [-0.25, -0.2) is 9.59 Å². The van der Waals surface area contributed by atoms with Crippen molar-refractivity contribution in [3.63, 3.8) is 0 Å². The van der Waals surface area contributed by atoms with E-state index in [1.165, 1.54) is 0 Å². The van der Waals surface area contributed by atoms with E-state index >= 15 is 0 Å². The standard InChI is InChI=1S/C19H26N4O4/c1-12(20-19(27)23-10-8-14(9-11-23)17(24)25)13-2-4-15(5-3-13)21-18(26)22-16-6-7-16/h2-5,12,14,16H,6-11H2,1H3,(H,20,27)(H,24,25)(H2,21,22,26). The van der Waals surface area contributed by atoms with Gasteiger partial charge in [-0.15, -0.1) is 0 Å². The summed E-state index contributed by atoms with van der Waals surface area (Å²) < 4.78 is 0. The summed E-state index contributed by atoms with van der Waals surface area (Å²) in [4.78, 5) is 36.8. The molecule has 1 aliphatic carbocycles. The molecule has 3 rings (SSSR count). The zero-order valence-corrected chi connectivity index (χ0v) is 15.4. The van der Waals surface area contributed by atoms with Crippen molar-refractivity contribution < 1.29 is 19.5 Å². The second kappa shape index (κ2) is 8.28. The van der Waals surface area contributed by atoms with E-state index in [0.29, 0.717) is 37.7 Å². The highest BCUT2D eigenvalue weighted by atomic mass is 16.4. The molecule has 1 heterocycles. The van der Waals surface area contributed by atoms with Gasteiger partial charge in [0, 0.05) is 24.8 Å². The molecule has 4 N–H and O–H groups in total. The summed E-state index contributed by atoms with van der Waals surface area (Å²) in [5.74, 6) is -1.15. The van der Waals surface area contributed by atoms with E-state index in [9.17, 15) is 14.4 Å². The zero-order valence-electron chi connectivity index (χ0n) is 15.4. The summed E-state index contributed by atoms with van der Waals surface area (Å²) in [6.45, 7) is 2.80. The van der Waals surface area contributed by atoms with Crippen molar-refractivity contribution in [2.75, 3.05) is 18.4 Å². The lowest BCUT2D eigenvalue weighted by atomic mass is 9.97. The molecule has 1 atom stereocenters. The summed E-state index contributed by atoms with van der Waals surface area (Å²) >= 11 is 0. The van der Waals surface area contributed by atoms with E-state index in [4.69, 9.17) is 5.11 Å². The third-order valence-corrected chi connectivity index (χ3v) is 5.05. The van der Waals surface area contributed by atoms with Gasteiger partial charge in [0.2, 0.25) is 0 Å². The fourth-order valence-electron chi connectivity index (χ4n) is 3.12. The first-order valence-corrected chi connectivity index (χ1v) is 9.38. The number of hydrogen-bond donors (Lipinski definition) is 4. The number of amides is 4. The Morgan fingerprint density at radius 3 is 2.26 bits per heavy atom. The van der Waals surface area contributed by atoms with Gasteiger partial charge in [0.25, 0.3) is 0 Å². The van der Waals surface area contributed by atoms with Crippen LogP contribution in [0.15, 0.2) is 24.3 Å². The molecule has 1 saturated carbocycles. The van der Waals surface area contributed by atoms with E-state index in [2.05, 4.69) is 16.0 Å². The highest BCUT2D eigenvalue weighted by Gasteiger charge is 2.27. The van der Waals surface area contributed by atoms with E-state index in [-0.39, 0.29) is 24.0 Å². The number of carbonyl (C=O) groups is 3. The number of anilines is 1. The highest BCUT2D eigenvalue weighted by molar-refractivity contribution is 5.89. The molecule has 8 nitrogen and oxygen atoms in total. The van der Waals surface area contributed by atoms with Crippen LogP contribution in [0.5, 0.6) is 0 Å². The van der Waals surface area contributed by atoms with Gasteiger partial charge in [-0.2, -0.15) is 0 Å². The van der Waals surface area contributed by atoms with Crippen LogP contribution < -0.4 is 16.0 Å². The molecule has 27 heavy (non-hydrogen) atoms. The van der Waals surface area contributed by atoms with Crippen molar-refractivity contribution in [3.05, 3.63) is 29.8 Å². The van der Waals surface area contributed by atoms with Crippen LogP contribution >= 0.6 is 0 Å². The zero-order chi connectivity index (χ0) is 19.4. The average molecular weight is 374 g/mol. The Balaban J connectivity index is 1.47. The van der Waals surface area contributed by atoms with Crippen LogP contribution in [0.3, 0.4) is 0 Å². The highest BCUT2D eigenvalue weighted by Crippen LogP contribution is 2.21. The molecule has 1 aromatic rings. The van der Waals surface area contributed by atoms with E-state index < -0.39 is 5.97 Å². The van der Waals surface area contributed by atoms with Crippen LogP contribution in [0.4, 0.5) is 15.3 Å². The topological polar surface area (TPSA) is 111 Å². The van der Waals surface area contributed by atoms with E-state index in [0.717, 1.165) is 18.4 Å². The Hall–Kier alpha value is -2.77. The van der Waals surface area contributed by atoms with E-state index in [1.807, 2.05) is 31.2 Å².